The maximum atomic E-state index is 12.6. The van der Waals surface area contributed by atoms with Crippen molar-refractivity contribution < 1.29 is 14.2 Å². The summed E-state index contributed by atoms with van der Waals surface area (Å²) in [6.07, 6.45) is 7.93. The van der Waals surface area contributed by atoms with Crippen molar-refractivity contribution in [3.05, 3.63) is 42.2 Å². The number of ether oxygens (including phenoxy) is 1. The second-order valence-electron chi connectivity index (χ2n) is 3.81. The second-order valence-corrected chi connectivity index (χ2v) is 3.81. The molecule has 1 rings (SSSR count). The molecular weight excluding hydrogens is 219 g/mol. The highest BCUT2D eigenvalue weighted by Gasteiger charge is 1.94. The summed E-state index contributed by atoms with van der Waals surface area (Å²) in [5, 5.41) is 8.52. The molecule has 2 nitrogen and oxygen atoms in total. The van der Waals surface area contributed by atoms with Crippen LogP contribution in [0, 0.1) is 5.82 Å². The molecule has 0 bridgehead atoms. The molecule has 0 aromatic heterocycles. The second kappa shape index (κ2) is 8.76. The molecule has 0 amide bonds. The van der Waals surface area contributed by atoms with Crippen molar-refractivity contribution in [2.45, 2.75) is 25.7 Å². The fourth-order valence-corrected chi connectivity index (χ4v) is 1.45. The van der Waals surface area contributed by atoms with Gasteiger partial charge in [0.15, 0.2) is 0 Å². The van der Waals surface area contributed by atoms with Gasteiger partial charge in [0.2, 0.25) is 0 Å². The fourth-order valence-electron chi connectivity index (χ4n) is 1.45. The van der Waals surface area contributed by atoms with Crippen molar-refractivity contribution in [3.8, 4) is 5.75 Å². The molecule has 0 radical (unpaired) electrons. The normalized spacial score (nSPS) is 10.9. The fraction of sp³-hybridized carbons (Fsp3) is 0.429. The Morgan fingerprint density at radius 3 is 2.53 bits per heavy atom. The first-order valence-electron chi connectivity index (χ1n) is 5.97. The van der Waals surface area contributed by atoms with E-state index >= 15 is 0 Å². The summed E-state index contributed by atoms with van der Waals surface area (Å²) >= 11 is 0. The molecule has 3 heteroatoms. The van der Waals surface area contributed by atoms with E-state index in [2.05, 4.69) is 0 Å². The van der Waals surface area contributed by atoms with Crippen molar-refractivity contribution in [2.24, 2.45) is 0 Å². The smallest absolute Gasteiger partial charge is 0.123 e. The molecule has 94 valence electrons. The summed E-state index contributed by atoms with van der Waals surface area (Å²) in [6.45, 7) is 0.781. The third kappa shape index (κ3) is 6.74. The molecule has 0 saturated heterocycles. The Morgan fingerprint density at radius 2 is 1.82 bits per heavy atom. The molecule has 0 aliphatic rings. The number of halogens is 1. The minimum atomic E-state index is -0.243. The van der Waals surface area contributed by atoms with Gasteiger partial charge in [-0.3, -0.25) is 0 Å². The first-order chi connectivity index (χ1) is 8.33. The molecule has 0 aliphatic heterocycles. The zero-order valence-electron chi connectivity index (χ0n) is 9.94. The quantitative estimate of drug-likeness (QED) is 0.556. The van der Waals surface area contributed by atoms with Crippen LogP contribution < -0.4 is 4.74 Å². The van der Waals surface area contributed by atoms with E-state index in [4.69, 9.17) is 9.84 Å². The lowest BCUT2D eigenvalue weighted by Gasteiger charge is -2.05. The minimum Gasteiger partial charge on any atom is -0.494 e. The van der Waals surface area contributed by atoms with Gasteiger partial charge >= 0.3 is 0 Å². The maximum Gasteiger partial charge on any atom is 0.123 e. The van der Waals surface area contributed by atoms with Crippen molar-refractivity contribution in [2.75, 3.05) is 13.2 Å². The molecule has 1 N–H and O–H groups in total. The van der Waals surface area contributed by atoms with Crippen LogP contribution in [0.2, 0.25) is 0 Å². The van der Waals surface area contributed by atoms with Crippen molar-refractivity contribution in [3.63, 3.8) is 0 Å². The molecule has 0 atom stereocenters. The average Bonchev–Trinajstić information content (AvgIpc) is 2.35. The van der Waals surface area contributed by atoms with Crippen molar-refractivity contribution in [1.29, 1.82) is 0 Å². The summed E-state index contributed by atoms with van der Waals surface area (Å²) in [4.78, 5) is 0. The molecule has 0 aliphatic carbocycles. The number of unbranched alkanes of at least 4 members (excludes halogenated alkanes) is 3. The van der Waals surface area contributed by atoms with Gasteiger partial charge in [0.25, 0.3) is 0 Å². The third-order valence-electron chi connectivity index (χ3n) is 2.37. The molecule has 0 saturated carbocycles. The SMILES string of the molecule is OC/C=C/CCCCCOc1ccc(F)cc1. The number of benzene rings is 1. The molecule has 0 unspecified atom stereocenters. The maximum absolute atomic E-state index is 12.6. The highest BCUT2D eigenvalue weighted by Crippen LogP contribution is 2.11. The Morgan fingerprint density at radius 1 is 1.06 bits per heavy atom. The van der Waals surface area contributed by atoms with E-state index < -0.39 is 0 Å². The Balaban J connectivity index is 2.01. The number of aliphatic hydroxyl groups excluding tert-OH is 1. The highest BCUT2D eigenvalue weighted by molar-refractivity contribution is 5.21. The van der Waals surface area contributed by atoms with Crippen LogP contribution >= 0.6 is 0 Å². The zero-order chi connectivity index (χ0) is 12.3. The van der Waals surface area contributed by atoms with Crippen LogP contribution in [0.25, 0.3) is 0 Å². The lowest BCUT2D eigenvalue weighted by Crippen LogP contribution is -1.97. The molecular formula is C14H19FO2. The number of hydrogen-bond acceptors (Lipinski definition) is 2. The van der Waals surface area contributed by atoms with Crippen LogP contribution in [0.15, 0.2) is 36.4 Å². The Kier molecular flexibility index (Phi) is 7.07. The summed E-state index contributed by atoms with van der Waals surface area (Å²) in [7, 11) is 0. The number of aliphatic hydroxyl groups is 1. The average molecular weight is 238 g/mol. The first-order valence-corrected chi connectivity index (χ1v) is 5.97. The van der Waals surface area contributed by atoms with E-state index in [1.54, 1.807) is 18.2 Å². The number of allylic oxidation sites excluding steroid dienone is 1. The number of hydrogen-bond donors (Lipinski definition) is 1. The van der Waals surface area contributed by atoms with E-state index in [0.29, 0.717) is 12.4 Å². The van der Waals surface area contributed by atoms with Gasteiger partial charge in [0.1, 0.15) is 11.6 Å². The van der Waals surface area contributed by atoms with Crippen LogP contribution in [0.5, 0.6) is 5.75 Å². The van der Waals surface area contributed by atoms with E-state index in [1.165, 1.54) is 12.1 Å². The molecule has 17 heavy (non-hydrogen) atoms. The zero-order valence-corrected chi connectivity index (χ0v) is 9.94. The van der Waals surface area contributed by atoms with Crippen LogP contribution in [-0.4, -0.2) is 18.3 Å². The predicted octanol–water partition coefficient (Wildman–Crippen LogP) is 3.31. The molecule has 1 aromatic rings. The van der Waals surface area contributed by atoms with Crippen LogP contribution in [0.4, 0.5) is 4.39 Å². The molecule has 0 fully saturated rings. The van der Waals surface area contributed by atoms with Gasteiger partial charge in [-0.25, -0.2) is 4.39 Å². The van der Waals surface area contributed by atoms with Gasteiger partial charge in [-0.2, -0.15) is 0 Å². The summed E-state index contributed by atoms with van der Waals surface area (Å²) < 4.78 is 18.1. The summed E-state index contributed by atoms with van der Waals surface area (Å²) in [5.74, 6) is 0.472. The monoisotopic (exact) mass is 238 g/mol. The first kappa shape index (κ1) is 13.7. The number of rotatable bonds is 8. The van der Waals surface area contributed by atoms with Crippen LogP contribution in [0.1, 0.15) is 25.7 Å². The van der Waals surface area contributed by atoms with E-state index in [-0.39, 0.29) is 12.4 Å². The predicted molar refractivity (Wildman–Crippen MR) is 66.6 cm³/mol. The molecule has 1 aromatic carbocycles. The van der Waals surface area contributed by atoms with Crippen molar-refractivity contribution in [1.82, 2.24) is 0 Å². The minimum absolute atomic E-state index is 0.119. The lowest BCUT2D eigenvalue weighted by molar-refractivity contribution is 0.305. The van der Waals surface area contributed by atoms with Crippen LogP contribution in [-0.2, 0) is 0 Å². The van der Waals surface area contributed by atoms with E-state index in [1.807, 2.05) is 6.08 Å². The summed E-state index contributed by atoms with van der Waals surface area (Å²) in [6, 6.07) is 6.07. The summed E-state index contributed by atoms with van der Waals surface area (Å²) in [5.41, 5.74) is 0. The van der Waals surface area contributed by atoms with Gasteiger partial charge < -0.3 is 9.84 Å². The van der Waals surface area contributed by atoms with Gasteiger partial charge in [-0.15, -0.1) is 0 Å². The highest BCUT2D eigenvalue weighted by atomic mass is 19.1. The van der Waals surface area contributed by atoms with Crippen molar-refractivity contribution >= 4 is 0 Å². The Hall–Kier alpha value is -1.35. The third-order valence-corrected chi connectivity index (χ3v) is 2.37. The Labute approximate surface area is 102 Å². The largest absolute Gasteiger partial charge is 0.494 e. The van der Waals surface area contributed by atoms with Gasteiger partial charge in [-0.05, 0) is 49.9 Å². The lowest BCUT2D eigenvalue weighted by atomic mass is 10.2. The standard InChI is InChI=1S/C14H19FO2/c15-13-7-9-14(10-8-13)17-12-6-4-2-1-3-5-11-16/h3,5,7-10,16H,1-2,4,6,11-12H2/b5-3+. The topological polar surface area (TPSA) is 29.5 Å². The van der Waals surface area contributed by atoms with E-state index in [0.717, 1.165) is 25.7 Å². The molecule has 0 spiro atoms. The Bertz CT molecular complexity index is 319. The van der Waals surface area contributed by atoms with Gasteiger partial charge in [-0.1, -0.05) is 12.2 Å². The van der Waals surface area contributed by atoms with Gasteiger partial charge in [0, 0.05) is 0 Å². The van der Waals surface area contributed by atoms with Crippen LogP contribution in [0.3, 0.4) is 0 Å². The van der Waals surface area contributed by atoms with Gasteiger partial charge in [0.05, 0.1) is 13.2 Å². The molecule has 0 heterocycles. The van der Waals surface area contributed by atoms with E-state index in [9.17, 15) is 4.39 Å².